The van der Waals surface area contributed by atoms with Crippen LogP contribution in [0.4, 0.5) is 5.13 Å². The van der Waals surface area contributed by atoms with Crippen molar-refractivity contribution in [2.24, 2.45) is 0 Å². The van der Waals surface area contributed by atoms with Gasteiger partial charge in [0.05, 0.1) is 10.6 Å². The van der Waals surface area contributed by atoms with Crippen molar-refractivity contribution >= 4 is 22.8 Å². The van der Waals surface area contributed by atoms with E-state index in [4.69, 9.17) is 4.98 Å². The minimum Gasteiger partial charge on any atom is -0.345 e. The first-order valence-corrected chi connectivity index (χ1v) is 7.25. The van der Waals surface area contributed by atoms with Crippen molar-refractivity contribution in [3.63, 3.8) is 0 Å². The highest BCUT2D eigenvalue weighted by molar-refractivity contribution is 7.17. The van der Waals surface area contributed by atoms with Crippen LogP contribution in [-0.4, -0.2) is 23.9 Å². The predicted octanol–water partition coefficient (Wildman–Crippen LogP) is 3.46. The van der Waals surface area contributed by atoms with Crippen LogP contribution < -0.4 is 4.90 Å². The second-order valence-corrected chi connectivity index (χ2v) is 5.70. The molecule has 17 heavy (non-hydrogen) atoms. The molecule has 1 atom stereocenters. The van der Waals surface area contributed by atoms with Gasteiger partial charge in [-0.15, -0.1) is 0 Å². The number of aromatic nitrogens is 1. The summed E-state index contributed by atoms with van der Waals surface area (Å²) in [5, 5.41) is 1.03. The van der Waals surface area contributed by atoms with Gasteiger partial charge in [-0.05, 0) is 32.1 Å². The summed E-state index contributed by atoms with van der Waals surface area (Å²) in [6.07, 6.45) is 4.52. The van der Waals surface area contributed by atoms with Gasteiger partial charge in [0.1, 0.15) is 0 Å². The lowest BCUT2D eigenvalue weighted by Gasteiger charge is -2.18. The number of hydrogen-bond donors (Lipinski definition) is 0. The van der Waals surface area contributed by atoms with Crippen LogP contribution in [0, 0.1) is 0 Å². The average molecular weight is 252 g/mol. The normalized spacial score (nSPS) is 16.9. The zero-order chi connectivity index (χ0) is 12.4. The number of carbonyl (C=O) groups excluding carboxylic acids is 1. The second kappa shape index (κ2) is 5.17. The molecule has 1 saturated carbocycles. The molecule has 0 aromatic carbocycles. The van der Waals surface area contributed by atoms with Crippen LogP contribution in [0.2, 0.25) is 0 Å². The highest BCUT2D eigenvalue weighted by atomic mass is 32.1. The maximum atomic E-state index is 11.1. The lowest BCUT2D eigenvalue weighted by molar-refractivity contribution is 0.112. The molecule has 0 radical (unpaired) electrons. The Balaban J connectivity index is 2.28. The number of anilines is 1. The standard InChI is InChI=1S/C13H20N2OS/c1-4-9(3)12-11(8-16)17-13(14-12)15(5-2)10-6-7-10/h8-10H,4-7H2,1-3H3. The largest absolute Gasteiger partial charge is 0.345 e. The molecule has 2 rings (SSSR count). The van der Waals surface area contributed by atoms with Crippen molar-refractivity contribution in [3.8, 4) is 0 Å². The van der Waals surface area contributed by atoms with Crippen molar-refractivity contribution in [3.05, 3.63) is 10.6 Å². The maximum absolute atomic E-state index is 11.1. The Kier molecular flexibility index (Phi) is 3.82. The number of thiazole rings is 1. The molecule has 1 fully saturated rings. The molecule has 3 nitrogen and oxygen atoms in total. The van der Waals surface area contributed by atoms with E-state index in [9.17, 15) is 4.79 Å². The van der Waals surface area contributed by atoms with E-state index < -0.39 is 0 Å². The van der Waals surface area contributed by atoms with Gasteiger partial charge in [-0.1, -0.05) is 25.2 Å². The Morgan fingerprint density at radius 1 is 1.53 bits per heavy atom. The van der Waals surface area contributed by atoms with Crippen molar-refractivity contribution in [2.45, 2.75) is 52.0 Å². The van der Waals surface area contributed by atoms with E-state index in [0.717, 1.165) is 35.0 Å². The van der Waals surface area contributed by atoms with Crippen LogP contribution in [0.3, 0.4) is 0 Å². The van der Waals surface area contributed by atoms with Crippen molar-refractivity contribution in [1.82, 2.24) is 4.98 Å². The van der Waals surface area contributed by atoms with E-state index in [1.165, 1.54) is 12.8 Å². The Morgan fingerprint density at radius 2 is 2.24 bits per heavy atom. The zero-order valence-corrected chi connectivity index (χ0v) is 11.6. The van der Waals surface area contributed by atoms with Gasteiger partial charge in [0.25, 0.3) is 0 Å². The second-order valence-electron chi connectivity index (χ2n) is 4.69. The topological polar surface area (TPSA) is 33.2 Å². The third-order valence-corrected chi connectivity index (χ3v) is 4.46. The van der Waals surface area contributed by atoms with Crippen molar-refractivity contribution in [2.75, 3.05) is 11.4 Å². The molecule has 1 aromatic rings. The molecule has 0 aliphatic heterocycles. The molecule has 0 amide bonds. The van der Waals surface area contributed by atoms with E-state index in [1.807, 2.05) is 0 Å². The summed E-state index contributed by atoms with van der Waals surface area (Å²) in [6, 6.07) is 0.662. The maximum Gasteiger partial charge on any atom is 0.186 e. The molecule has 1 aliphatic rings. The molecule has 1 aliphatic carbocycles. The van der Waals surface area contributed by atoms with Crippen LogP contribution in [0.15, 0.2) is 0 Å². The van der Waals surface area contributed by atoms with E-state index in [-0.39, 0.29) is 0 Å². The molecule has 0 bridgehead atoms. The summed E-state index contributed by atoms with van der Waals surface area (Å²) in [6.45, 7) is 7.41. The summed E-state index contributed by atoms with van der Waals surface area (Å²) < 4.78 is 0. The fraction of sp³-hybridized carbons (Fsp3) is 0.692. The lowest BCUT2D eigenvalue weighted by Crippen LogP contribution is -2.24. The quantitative estimate of drug-likeness (QED) is 0.727. The average Bonchev–Trinajstić information content (AvgIpc) is 3.08. The van der Waals surface area contributed by atoms with Crippen LogP contribution in [-0.2, 0) is 0 Å². The molecule has 1 unspecified atom stereocenters. The molecular weight excluding hydrogens is 232 g/mol. The molecule has 1 aromatic heterocycles. The predicted molar refractivity (Wildman–Crippen MR) is 72.2 cm³/mol. The molecule has 94 valence electrons. The lowest BCUT2D eigenvalue weighted by atomic mass is 10.0. The Bertz CT molecular complexity index is 398. The smallest absolute Gasteiger partial charge is 0.186 e. The summed E-state index contributed by atoms with van der Waals surface area (Å²) in [4.78, 5) is 19.0. The van der Waals surface area contributed by atoms with Gasteiger partial charge < -0.3 is 4.90 Å². The van der Waals surface area contributed by atoms with E-state index in [1.54, 1.807) is 11.3 Å². The van der Waals surface area contributed by atoms with E-state index >= 15 is 0 Å². The summed E-state index contributed by atoms with van der Waals surface area (Å²) in [5.74, 6) is 0.373. The van der Waals surface area contributed by atoms with E-state index in [2.05, 4.69) is 25.7 Å². The zero-order valence-electron chi connectivity index (χ0n) is 10.8. The van der Waals surface area contributed by atoms with Crippen LogP contribution in [0.5, 0.6) is 0 Å². The van der Waals surface area contributed by atoms with Gasteiger partial charge in [0.2, 0.25) is 0 Å². The minimum atomic E-state index is 0.373. The van der Waals surface area contributed by atoms with Crippen LogP contribution >= 0.6 is 11.3 Å². The van der Waals surface area contributed by atoms with Crippen molar-refractivity contribution in [1.29, 1.82) is 0 Å². The molecule has 4 heteroatoms. The fourth-order valence-electron chi connectivity index (χ4n) is 2.02. The number of carbonyl (C=O) groups is 1. The van der Waals surface area contributed by atoms with Crippen LogP contribution in [0.25, 0.3) is 0 Å². The van der Waals surface area contributed by atoms with E-state index in [0.29, 0.717) is 12.0 Å². The van der Waals surface area contributed by atoms with Gasteiger partial charge in [-0.2, -0.15) is 0 Å². The summed E-state index contributed by atoms with van der Waals surface area (Å²) >= 11 is 1.55. The van der Waals surface area contributed by atoms with Gasteiger partial charge in [0.15, 0.2) is 11.4 Å². The first kappa shape index (κ1) is 12.6. The SMILES string of the molecule is CCC(C)c1nc(N(CC)C2CC2)sc1C=O. The number of rotatable bonds is 6. The number of hydrogen-bond acceptors (Lipinski definition) is 4. The number of aldehydes is 1. The third-order valence-electron chi connectivity index (χ3n) is 3.43. The highest BCUT2D eigenvalue weighted by Crippen LogP contribution is 2.36. The van der Waals surface area contributed by atoms with Gasteiger partial charge >= 0.3 is 0 Å². The summed E-state index contributed by atoms with van der Waals surface area (Å²) in [7, 11) is 0. The molecule has 1 heterocycles. The first-order valence-electron chi connectivity index (χ1n) is 6.43. The van der Waals surface area contributed by atoms with Crippen molar-refractivity contribution < 1.29 is 4.79 Å². The third kappa shape index (κ3) is 2.51. The van der Waals surface area contributed by atoms with Gasteiger partial charge in [-0.3, -0.25) is 4.79 Å². The minimum absolute atomic E-state index is 0.373. The monoisotopic (exact) mass is 252 g/mol. The molecule has 0 N–H and O–H groups in total. The van der Waals surface area contributed by atoms with Gasteiger partial charge in [0, 0.05) is 12.6 Å². The number of nitrogens with zero attached hydrogens (tertiary/aromatic N) is 2. The Labute approximate surface area is 107 Å². The Hall–Kier alpha value is -0.900. The van der Waals surface area contributed by atoms with Gasteiger partial charge in [-0.25, -0.2) is 4.98 Å². The highest BCUT2D eigenvalue weighted by Gasteiger charge is 2.30. The molecule has 0 spiro atoms. The molecular formula is C13H20N2OS. The molecule has 0 saturated heterocycles. The Morgan fingerprint density at radius 3 is 2.71 bits per heavy atom. The summed E-state index contributed by atoms with van der Waals surface area (Å²) in [5.41, 5.74) is 0.988. The first-order chi connectivity index (χ1) is 8.21. The fourth-order valence-corrected chi connectivity index (χ4v) is 3.16. The van der Waals surface area contributed by atoms with Crippen LogP contribution in [0.1, 0.15) is 61.3 Å².